The highest BCUT2D eigenvalue weighted by Gasteiger charge is 2.26. The fourth-order valence-corrected chi connectivity index (χ4v) is 3.24. The number of nitrogens with zero attached hydrogens (tertiary/aromatic N) is 1. The van der Waals surface area contributed by atoms with E-state index in [2.05, 4.69) is 5.32 Å². The standard InChI is InChI=1S/C16H24N2O4S/c1-13-5-7-14(8-6-13)10-17-16(19)12-18(23(2,20)21)11-15-4-3-9-22-15/h5-8,15H,3-4,9-12H2,1-2H3,(H,17,19). The molecule has 1 aromatic carbocycles. The average Bonchev–Trinajstić information content (AvgIpc) is 2.98. The Morgan fingerprint density at radius 1 is 1.35 bits per heavy atom. The Morgan fingerprint density at radius 3 is 2.61 bits per heavy atom. The molecule has 1 N–H and O–H groups in total. The number of ether oxygens (including phenoxy) is 1. The SMILES string of the molecule is Cc1ccc(CNC(=O)CN(CC2CCCO2)S(C)(=O)=O)cc1. The van der Waals surface area contributed by atoms with E-state index in [-0.39, 0.29) is 25.1 Å². The number of carbonyl (C=O) groups is 1. The molecule has 1 amide bonds. The lowest BCUT2D eigenvalue weighted by molar-refractivity contribution is -0.121. The topological polar surface area (TPSA) is 75.7 Å². The molecule has 0 aromatic heterocycles. The summed E-state index contributed by atoms with van der Waals surface area (Å²) in [5.41, 5.74) is 2.13. The number of rotatable bonds is 7. The molecular formula is C16H24N2O4S. The van der Waals surface area contributed by atoms with Crippen molar-refractivity contribution in [2.45, 2.75) is 32.4 Å². The van der Waals surface area contributed by atoms with E-state index in [1.807, 2.05) is 31.2 Å². The minimum Gasteiger partial charge on any atom is -0.377 e. The quantitative estimate of drug-likeness (QED) is 0.805. The molecule has 1 fully saturated rings. The molecule has 0 aliphatic carbocycles. The molecule has 128 valence electrons. The molecule has 1 atom stereocenters. The molecule has 0 spiro atoms. The number of hydrogen-bond donors (Lipinski definition) is 1. The predicted octanol–water partition coefficient (Wildman–Crippen LogP) is 1.05. The summed E-state index contributed by atoms with van der Waals surface area (Å²) in [7, 11) is -3.44. The summed E-state index contributed by atoms with van der Waals surface area (Å²) in [4.78, 5) is 12.1. The fraction of sp³-hybridized carbons (Fsp3) is 0.562. The average molecular weight is 340 g/mol. The summed E-state index contributed by atoms with van der Waals surface area (Å²) < 4.78 is 30.4. The Kier molecular flexibility index (Phi) is 6.15. The first kappa shape index (κ1) is 17.9. The van der Waals surface area contributed by atoms with Crippen LogP contribution in [0.2, 0.25) is 0 Å². The van der Waals surface area contributed by atoms with Crippen LogP contribution in [0.3, 0.4) is 0 Å². The van der Waals surface area contributed by atoms with Gasteiger partial charge in [0.15, 0.2) is 0 Å². The largest absolute Gasteiger partial charge is 0.377 e. The van der Waals surface area contributed by atoms with Crippen molar-refractivity contribution < 1.29 is 17.9 Å². The third-order valence-electron chi connectivity index (χ3n) is 3.83. The molecule has 1 heterocycles. The van der Waals surface area contributed by atoms with Crippen molar-refractivity contribution in [3.05, 3.63) is 35.4 Å². The minimum absolute atomic E-state index is 0.116. The second-order valence-corrected chi connectivity index (χ2v) is 7.94. The second-order valence-electron chi connectivity index (χ2n) is 5.95. The van der Waals surface area contributed by atoms with Crippen molar-refractivity contribution >= 4 is 15.9 Å². The summed E-state index contributed by atoms with van der Waals surface area (Å²) >= 11 is 0. The molecule has 0 radical (unpaired) electrons. The van der Waals surface area contributed by atoms with Crippen molar-refractivity contribution in [1.82, 2.24) is 9.62 Å². The second kappa shape index (κ2) is 7.90. The monoisotopic (exact) mass is 340 g/mol. The van der Waals surface area contributed by atoms with E-state index < -0.39 is 10.0 Å². The summed E-state index contributed by atoms with van der Waals surface area (Å²) in [6.45, 7) is 3.09. The summed E-state index contributed by atoms with van der Waals surface area (Å²) in [6.07, 6.45) is 2.77. The van der Waals surface area contributed by atoms with Crippen LogP contribution in [0.4, 0.5) is 0 Å². The van der Waals surface area contributed by atoms with Gasteiger partial charge in [-0.05, 0) is 25.3 Å². The van der Waals surface area contributed by atoms with E-state index in [1.54, 1.807) is 0 Å². The number of aryl methyl sites for hydroxylation is 1. The summed E-state index contributed by atoms with van der Waals surface area (Å²) in [5, 5.41) is 2.76. The van der Waals surface area contributed by atoms with Gasteiger partial charge in [-0.25, -0.2) is 8.42 Å². The van der Waals surface area contributed by atoms with Gasteiger partial charge in [-0.3, -0.25) is 4.79 Å². The Labute approximate surface area is 137 Å². The van der Waals surface area contributed by atoms with Crippen LogP contribution in [0, 0.1) is 6.92 Å². The first-order chi connectivity index (χ1) is 10.8. The van der Waals surface area contributed by atoms with E-state index in [4.69, 9.17) is 4.74 Å². The molecule has 7 heteroatoms. The summed E-state index contributed by atoms with van der Waals surface area (Å²) in [5.74, 6) is -0.311. The van der Waals surface area contributed by atoms with Crippen molar-refractivity contribution in [3.8, 4) is 0 Å². The van der Waals surface area contributed by atoms with Gasteiger partial charge in [0.2, 0.25) is 15.9 Å². The third-order valence-corrected chi connectivity index (χ3v) is 5.05. The molecule has 1 aliphatic heterocycles. The van der Waals surface area contributed by atoms with Gasteiger partial charge in [-0.15, -0.1) is 0 Å². The predicted molar refractivity (Wildman–Crippen MR) is 88.4 cm³/mol. The number of hydrogen-bond acceptors (Lipinski definition) is 4. The van der Waals surface area contributed by atoms with Gasteiger partial charge >= 0.3 is 0 Å². The minimum atomic E-state index is -3.44. The number of sulfonamides is 1. The molecule has 6 nitrogen and oxygen atoms in total. The molecule has 23 heavy (non-hydrogen) atoms. The smallest absolute Gasteiger partial charge is 0.235 e. The van der Waals surface area contributed by atoms with Gasteiger partial charge in [0.25, 0.3) is 0 Å². The van der Waals surface area contributed by atoms with Crippen molar-refractivity contribution in [2.24, 2.45) is 0 Å². The van der Waals surface area contributed by atoms with E-state index >= 15 is 0 Å². The third kappa shape index (κ3) is 5.93. The number of nitrogens with one attached hydrogen (secondary N) is 1. The van der Waals surface area contributed by atoms with Crippen LogP contribution in [0.25, 0.3) is 0 Å². The maximum Gasteiger partial charge on any atom is 0.235 e. The van der Waals surface area contributed by atoms with Crippen molar-refractivity contribution in [1.29, 1.82) is 0 Å². The lowest BCUT2D eigenvalue weighted by Crippen LogP contribution is -2.43. The lowest BCUT2D eigenvalue weighted by Gasteiger charge is -2.22. The van der Waals surface area contributed by atoms with E-state index in [9.17, 15) is 13.2 Å². The van der Waals surface area contributed by atoms with E-state index in [1.165, 1.54) is 4.31 Å². The number of amides is 1. The van der Waals surface area contributed by atoms with Crippen LogP contribution in [0.15, 0.2) is 24.3 Å². The van der Waals surface area contributed by atoms with Crippen LogP contribution in [0.5, 0.6) is 0 Å². The van der Waals surface area contributed by atoms with Crippen LogP contribution < -0.4 is 5.32 Å². The molecule has 0 bridgehead atoms. The maximum atomic E-state index is 12.1. The van der Waals surface area contributed by atoms with Gasteiger partial charge < -0.3 is 10.1 Å². The van der Waals surface area contributed by atoms with Crippen LogP contribution in [-0.4, -0.2) is 50.7 Å². The molecule has 2 rings (SSSR count). The highest BCUT2D eigenvalue weighted by Crippen LogP contribution is 2.14. The molecule has 1 saturated heterocycles. The van der Waals surface area contributed by atoms with Gasteiger partial charge in [0, 0.05) is 19.7 Å². The normalized spacial score (nSPS) is 18.3. The molecule has 0 saturated carbocycles. The maximum absolute atomic E-state index is 12.1. The zero-order valence-corrected chi connectivity index (χ0v) is 14.4. The van der Waals surface area contributed by atoms with E-state index in [0.717, 1.165) is 30.2 Å². The number of benzene rings is 1. The molecular weight excluding hydrogens is 316 g/mol. The zero-order chi connectivity index (χ0) is 16.9. The Hall–Kier alpha value is -1.44. The van der Waals surface area contributed by atoms with Crippen LogP contribution in [-0.2, 0) is 26.1 Å². The zero-order valence-electron chi connectivity index (χ0n) is 13.6. The molecule has 1 aromatic rings. The van der Waals surface area contributed by atoms with Gasteiger partial charge in [0.05, 0.1) is 18.9 Å². The highest BCUT2D eigenvalue weighted by atomic mass is 32.2. The van der Waals surface area contributed by atoms with Gasteiger partial charge in [-0.1, -0.05) is 29.8 Å². The van der Waals surface area contributed by atoms with Crippen molar-refractivity contribution in [3.63, 3.8) is 0 Å². The van der Waals surface area contributed by atoms with E-state index in [0.29, 0.717) is 13.2 Å². The van der Waals surface area contributed by atoms with Crippen LogP contribution in [0.1, 0.15) is 24.0 Å². The van der Waals surface area contributed by atoms with Crippen molar-refractivity contribution in [2.75, 3.05) is 26.0 Å². The molecule has 1 unspecified atom stereocenters. The van der Waals surface area contributed by atoms with Gasteiger partial charge in [0.1, 0.15) is 0 Å². The summed E-state index contributed by atoms with van der Waals surface area (Å²) in [6, 6.07) is 7.83. The first-order valence-electron chi connectivity index (χ1n) is 7.73. The van der Waals surface area contributed by atoms with Gasteiger partial charge in [-0.2, -0.15) is 4.31 Å². The number of carbonyl (C=O) groups excluding carboxylic acids is 1. The molecule has 1 aliphatic rings. The Bertz CT molecular complexity index is 622. The van der Waals surface area contributed by atoms with Crippen LogP contribution >= 0.6 is 0 Å². The Balaban J connectivity index is 1.87. The fourth-order valence-electron chi connectivity index (χ4n) is 2.46. The highest BCUT2D eigenvalue weighted by molar-refractivity contribution is 7.88. The first-order valence-corrected chi connectivity index (χ1v) is 9.58. The Morgan fingerprint density at radius 2 is 2.04 bits per heavy atom. The lowest BCUT2D eigenvalue weighted by atomic mass is 10.1.